The number of nitrogens with two attached hydrogens (primary N) is 1. The number of carbonyl (C=O) groups excluding carboxylic acids is 1. The Morgan fingerprint density at radius 1 is 1.15 bits per heavy atom. The molecule has 2 aromatic rings. The summed E-state index contributed by atoms with van der Waals surface area (Å²) in [6, 6.07) is 6.48. The molecule has 2 unspecified atom stereocenters. The van der Waals surface area contributed by atoms with E-state index in [0.717, 1.165) is 24.3 Å². The highest BCUT2D eigenvalue weighted by molar-refractivity contribution is 5.95. The van der Waals surface area contributed by atoms with Crippen LogP contribution in [0.1, 0.15) is 29.0 Å². The number of amides is 1. The van der Waals surface area contributed by atoms with Crippen molar-refractivity contribution in [2.75, 3.05) is 5.32 Å². The Morgan fingerprint density at radius 2 is 1.78 bits per heavy atom. The van der Waals surface area contributed by atoms with E-state index in [4.69, 9.17) is 5.73 Å². The van der Waals surface area contributed by atoms with E-state index < -0.39 is 41.1 Å². The number of carbonyl (C=O) groups is 1. The number of hydrogen-bond acceptors (Lipinski definition) is 2. The highest BCUT2D eigenvalue weighted by Gasteiger charge is 2.46. The zero-order chi connectivity index (χ0) is 19.1. The fourth-order valence-corrected chi connectivity index (χ4v) is 2.95. The highest BCUT2D eigenvalue weighted by Crippen LogP contribution is 2.49. The van der Waals surface area contributed by atoms with Crippen molar-refractivity contribution >= 4 is 24.0 Å². The van der Waals surface area contributed by atoms with E-state index >= 15 is 0 Å². The standard InChI is InChI=1S/C18H15F5N2O.ClH/c19-14-2-1-3-15(20)16(14)12-7-13(12)17(26)25-11-5-9(8-24)4-10(6-11)18(21,22)23;/h1-6,12-13H,7-8,24H2,(H,25,26);1H. The van der Waals surface area contributed by atoms with Crippen LogP contribution >= 0.6 is 12.4 Å². The third kappa shape index (κ3) is 4.56. The van der Waals surface area contributed by atoms with Crippen LogP contribution in [0.15, 0.2) is 36.4 Å². The maximum absolute atomic E-state index is 13.8. The predicted octanol–water partition coefficient (Wildman–Crippen LogP) is 4.61. The van der Waals surface area contributed by atoms with Gasteiger partial charge in [-0.15, -0.1) is 12.4 Å². The van der Waals surface area contributed by atoms with Gasteiger partial charge in [-0.2, -0.15) is 13.2 Å². The predicted molar refractivity (Wildman–Crippen MR) is 92.4 cm³/mol. The van der Waals surface area contributed by atoms with Crippen molar-refractivity contribution in [3.8, 4) is 0 Å². The number of nitrogens with one attached hydrogen (secondary N) is 1. The fraction of sp³-hybridized carbons (Fsp3) is 0.278. The van der Waals surface area contributed by atoms with E-state index in [-0.39, 0.29) is 42.2 Å². The molecule has 9 heteroatoms. The van der Waals surface area contributed by atoms with Gasteiger partial charge in [-0.1, -0.05) is 6.07 Å². The molecule has 0 aliphatic heterocycles. The normalized spacial score (nSPS) is 18.6. The van der Waals surface area contributed by atoms with Crippen LogP contribution in [0.4, 0.5) is 27.6 Å². The lowest BCUT2D eigenvalue weighted by atomic mass is 10.1. The first-order chi connectivity index (χ1) is 12.2. The summed E-state index contributed by atoms with van der Waals surface area (Å²) in [5.41, 5.74) is 4.47. The van der Waals surface area contributed by atoms with E-state index in [2.05, 4.69) is 5.32 Å². The molecule has 1 saturated carbocycles. The molecule has 0 spiro atoms. The van der Waals surface area contributed by atoms with E-state index in [0.29, 0.717) is 0 Å². The molecule has 0 aromatic heterocycles. The molecule has 1 aliphatic rings. The first-order valence-electron chi connectivity index (χ1n) is 7.86. The largest absolute Gasteiger partial charge is 0.416 e. The van der Waals surface area contributed by atoms with Gasteiger partial charge in [-0.05, 0) is 42.3 Å². The van der Waals surface area contributed by atoms with Gasteiger partial charge in [-0.25, -0.2) is 8.78 Å². The van der Waals surface area contributed by atoms with Crippen molar-refractivity contribution in [2.24, 2.45) is 11.7 Å². The summed E-state index contributed by atoms with van der Waals surface area (Å²) in [5.74, 6) is -3.39. The number of rotatable bonds is 4. The molecule has 1 aliphatic carbocycles. The molecule has 3 N–H and O–H groups in total. The third-order valence-corrected chi connectivity index (χ3v) is 4.32. The second-order valence-corrected chi connectivity index (χ2v) is 6.19. The first kappa shape index (κ1) is 21.1. The van der Waals surface area contributed by atoms with Gasteiger partial charge in [0.1, 0.15) is 11.6 Å². The fourth-order valence-electron chi connectivity index (χ4n) is 2.95. The summed E-state index contributed by atoms with van der Waals surface area (Å²) >= 11 is 0. The lowest BCUT2D eigenvalue weighted by Gasteiger charge is -2.12. The zero-order valence-electron chi connectivity index (χ0n) is 13.8. The SMILES string of the molecule is Cl.NCc1cc(NC(=O)C2CC2c2c(F)cccc2F)cc(C(F)(F)F)c1. The van der Waals surface area contributed by atoms with E-state index in [1.807, 2.05) is 0 Å². The van der Waals surface area contributed by atoms with Crippen molar-refractivity contribution in [3.63, 3.8) is 0 Å². The molecule has 146 valence electrons. The summed E-state index contributed by atoms with van der Waals surface area (Å²) in [5, 5.41) is 2.39. The number of alkyl halides is 3. The lowest BCUT2D eigenvalue weighted by Crippen LogP contribution is -2.16. The van der Waals surface area contributed by atoms with Gasteiger partial charge in [0, 0.05) is 29.6 Å². The summed E-state index contributed by atoms with van der Waals surface area (Å²) in [6.07, 6.45) is -4.35. The average Bonchev–Trinajstić information content (AvgIpc) is 3.34. The van der Waals surface area contributed by atoms with Crippen LogP contribution < -0.4 is 11.1 Å². The minimum Gasteiger partial charge on any atom is -0.326 e. The van der Waals surface area contributed by atoms with Crippen LogP contribution in [0, 0.1) is 17.6 Å². The van der Waals surface area contributed by atoms with Gasteiger partial charge in [0.05, 0.1) is 5.56 Å². The summed E-state index contributed by atoms with van der Waals surface area (Å²) < 4.78 is 66.3. The Morgan fingerprint density at radius 3 is 2.33 bits per heavy atom. The van der Waals surface area contributed by atoms with Crippen molar-refractivity contribution in [2.45, 2.75) is 25.1 Å². The summed E-state index contributed by atoms with van der Waals surface area (Å²) in [7, 11) is 0. The monoisotopic (exact) mass is 406 g/mol. The molecule has 2 aromatic carbocycles. The van der Waals surface area contributed by atoms with Crippen LogP contribution in [-0.4, -0.2) is 5.91 Å². The van der Waals surface area contributed by atoms with Gasteiger partial charge < -0.3 is 11.1 Å². The molecule has 0 heterocycles. The van der Waals surface area contributed by atoms with Gasteiger partial charge >= 0.3 is 6.18 Å². The number of benzene rings is 2. The molecule has 2 atom stereocenters. The van der Waals surface area contributed by atoms with E-state index in [1.54, 1.807) is 0 Å². The second kappa shape index (κ2) is 7.82. The Bertz CT molecular complexity index is 836. The number of anilines is 1. The Kier molecular flexibility index (Phi) is 6.11. The molecule has 3 rings (SSSR count). The molecule has 1 amide bonds. The Hall–Kier alpha value is -2.19. The quantitative estimate of drug-likeness (QED) is 0.729. The third-order valence-electron chi connectivity index (χ3n) is 4.32. The maximum Gasteiger partial charge on any atom is 0.416 e. The summed E-state index contributed by atoms with van der Waals surface area (Å²) in [4.78, 5) is 12.3. The van der Waals surface area contributed by atoms with Gasteiger partial charge in [0.2, 0.25) is 5.91 Å². The lowest BCUT2D eigenvalue weighted by molar-refractivity contribution is -0.137. The number of halogens is 6. The minimum atomic E-state index is -4.58. The van der Waals surface area contributed by atoms with Gasteiger partial charge in [0.25, 0.3) is 0 Å². The van der Waals surface area contributed by atoms with Crippen molar-refractivity contribution in [1.29, 1.82) is 0 Å². The van der Waals surface area contributed by atoms with Crippen LogP contribution in [-0.2, 0) is 17.5 Å². The zero-order valence-corrected chi connectivity index (χ0v) is 14.6. The topological polar surface area (TPSA) is 55.1 Å². The Labute approximate surface area is 158 Å². The van der Waals surface area contributed by atoms with E-state index in [9.17, 15) is 26.7 Å². The van der Waals surface area contributed by atoms with Crippen LogP contribution in [0.2, 0.25) is 0 Å². The molecule has 1 fully saturated rings. The van der Waals surface area contributed by atoms with Crippen LogP contribution in [0.3, 0.4) is 0 Å². The van der Waals surface area contributed by atoms with Gasteiger partial charge in [-0.3, -0.25) is 4.79 Å². The maximum atomic E-state index is 13.8. The molecule has 0 radical (unpaired) electrons. The molecular weight excluding hydrogens is 391 g/mol. The smallest absolute Gasteiger partial charge is 0.326 e. The molecule has 27 heavy (non-hydrogen) atoms. The van der Waals surface area contributed by atoms with Crippen molar-refractivity contribution < 1.29 is 26.7 Å². The van der Waals surface area contributed by atoms with Crippen LogP contribution in [0.5, 0.6) is 0 Å². The van der Waals surface area contributed by atoms with Crippen molar-refractivity contribution in [1.82, 2.24) is 0 Å². The highest BCUT2D eigenvalue weighted by atomic mass is 35.5. The average molecular weight is 407 g/mol. The summed E-state index contributed by atoms with van der Waals surface area (Å²) in [6.45, 7) is -0.126. The van der Waals surface area contributed by atoms with Crippen LogP contribution in [0.25, 0.3) is 0 Å². The number of hydrogen-bond donors (Lipinski definition) is 2. The molecule has 0 bridgehead atoms. The minimum absolute atomic E-state index is 0. The first-order valence-corrected chi connectivity index (χ1v) is 7.86. The molecular formula is C18H16ClF5N2O. The van der Waals surface area contributed by atoms with E-state index in [1.165, 1.54) is 12.1 Å². The molecule has 0 saturated heterocycles. The Balaban J connectivity index is 0.00000261. The van der Waals surface area contributed by atoms with Gasteiger partial charge in [0.15, 0.2) is 0 Å². The second-order valence-electron chi connectivity index (χ2n) is 6.19. The van der Waals surface area contributed by atoms with Crippen molar-refractivity contribution in [3.05, 3.63) is 64.7 Å². The molecule has 3 nitrogen and oxygen atoms in total.